The van der Waals surface area contributed by atoms with Crippen molar-refractivity contribution in [2.24, 2.45) is 5.73 Å². The van der Waals surface area contributed by atoms with Gasteiger partial charge in [-0.15, -0.1) is 0 Å². The predicted octanol–water partition coefficient (Wildman–Crippen LogP) is 0.476. The molecule has 1 saturated heterocycles. The number of amides is 1. The van der Waals surface area contributed by atoms with E-state index in [1.807, 2.05) is 6.07 Å². The van der Waals surface area contributed by atoms with Crippen LogP contribution in [0.15, 0.2) is 24.3 Å². The van der Waals surface area contributed by atoms with Gasteiger partial charge in [0.15, 0.2) is 0 Å². The maximum Gasteiger partial charge on any atom is 0.218 e. The van der Waals surface area contributed by atoms with Gasteiger partial charge in [0.25, 0.3) is 0 Å². The van der Waals surface area contributed by atoms with Crippen molar-refractivity contribution in [1.82, 2.24) is 4.90 Å². The first kappa shape index (κ1) is 15.9. The first-order valence-electron chi connectivity index (χ1n) is 7.34. The van der Waals surface area contributed by atoms with Gasteiger partial charge in [-0.05, 0) is 12.5 Å². The molecule has 1 aliphatic heterocycles. The van der Waals surface area contributed by atoms with Crippen LogP contribution in [0.25, 0.3) is 0 Å². The zero-order valence-corrected chi connectivity index (χ0v) is 12.5. The summed E-state index contributed by atoms with van der Waals surface area (Å²) in [5.41, 5.74) is 6.96. The van der Waals surface area contributed by atoms with Gasteiger partial charge in [0.2, 0.25) is 5.91 Å². The Morgan fingerprint density at radius 2 is 2.33 bits per heavy atom. The van der Waals surface area contributed by atoms with Gasteiger partial charge in [-0.25, -0.2) is 0 Å². The Hall–Kier alpha value is -1.43. The molecule has 0 aromatic heterocycles. The third kappa shape index (κ3) is 4.52. The fraction of sp³-hybridized carbons (Fsp3) is 0.562. The number of ether oxygens (including phenoxy) is 1. The second kappa shape index (κ2) is 7.02. The Kier molecular flexibility index (Phi) is 5.33. The summed E-state index contributed by atoms with van der Waals surface area (Å²) in [6, 6.07) is 8.23. The molecule has 0 spiro atoms. The van der Waals surface area contributed by atoms with Crippen LogP contribution in [0.2, 0.25) is 0 Å². The first-order chi connectivity index (χ1) is 10.0. The molecule has 2 rings (SSSR count). The van der Waals surface area contributed by atoms with Gasteiger partial charge in [0.1, 0.15) is 5.60 Å². The van der Waals surface area contributed by atoms with Gasteiger partial charge in [0, 0.05) is 32.5 Å². The van der Waals surface area contributed by atoms with E-state index in [0.29, 0.717) is 32.5 Å². The van der Waals surface area contributed by atoms with Crippen LogP contribution in [-0.4, -0.2) is 54.4 Å². The maximum atomic E-state index is 10.9. The van der Waals surface area contributed by atoms with Crippen LogP contribution >= 0.6 is 0 Å². The maximum absolute atomic E-state index is 10.9. The van der Waals surface area contributed by atoms with Crippen molar-refractivity contribution in [2.45, 2.75) is 25.4 Å². The normalized spacial score (nSPS) is 23.1. The fourth-order valence-corrected chi connectivity index (χ4v) is 2.84. The summed E-state index contributed by atoms with van der Waals surface area (Å²) in [7, 11) is 0. The Balaban J connectivity index is 2.04. The van der Waals surface area contributed by atoms with Gasteiger partial charge < -0.3 is 15.6 Å². The van der Waals surface area contributed by atoms with E-state index in [4.69, 9.17) is 10.5 Å². The highest BCUT2D eigenvalue weighted by atomic mass is 16.5. The summed E-state index contributed by atoms with van der Waals surface area (Å²) in [5.74, 6) is -0.297. The average molecular weight is 292 g/mol. The molecule has 0 bridgehead atoms. The summed E-state index contributed by atoms with van der Waals surface area (Å²) in [4.78, 5) is 13.1. The largest absolute Gasteiger partial charge is 0.393 e. The number of aryl methyl sites for hydroxylation is 1. The summed E-state index contributed by atoms with van der Waals surface area (Å²) >= 11 is 0. The molecule has 3 N–H and O–H groups in total. The quantitative estimate of drug-likeness (QED) is 0.799. The molecule has 116 valence electrons. The zero-order valence-electron chi connectivity index (χ0n) is 12.5. The smallest absolute Gasteiger partial charge is 0.218 e. The van der Waals surface area contributed by atoms with Crippen molar-refractivity contribution in [3.05, 3.63) is 35.4 Å². The molecule has 1 amide bonds. The number of benzene rings is 1. The Morgan fingerprint density at radius 1 is 1.52 bits per heavy atom. The number of aliphatic hydroxyl groups excluding tert-OH is 1. The molecular weight excluding hydrogens is 268 g/mol. The van der Waals surface area contributed by atoms with E-state index < -0.39 is 5.60 Å². The summed E-state index contributed by atoms with van der Waals surface area (Å²) < 4.78 is 5.89. The molecule has 0 radical (unpaired) electrons. The monoisotopic (exact) mass is 292 g/mol. The van der Waals surface area contributed by atoms with E-state index in [-0.39, 0.29) is 12.5 Å². The molecule has 0 saturated carbocycles. The minimum Gasteiger partial charge on any atom is -0.393 e. The average Bonchev–Trinajstić information content (AvgIpc) is 2.45. The number of carbonyl (C=O) groups excluding carboxylic acids is 1. The molecule has 1 aromatic rings. The van der Waals surface area contributed by atoms with Crippen molar-refractivity contribution in [3.8, 4) is 0 Å². The summed E-state index contributed by atoms with van der Waals surface area (Å²) in [6.07, 6.45) is 1.00. The molecule has 1 aromatic carbocycles. The molecule has 5 heteroatoms. The van der Waals surface area contributed by atoms with Gasteiger partial charge in [0.05, 0.1) is 13.2 Å². The number of morpholine rings is 1. The molecular formula is C16H24N2O3. The SMILES string of the molecule is Cc1cccc(CC2(CO)CN(CCC(N)=O)CCO2)c1. The number of carbonyl (C=O) groups is 1. The van der Waals surface area contributed by atoms with Gasteiger partial charge in [-0.3, -0.25) is 9.69 Å². The molecule has 1 atom stereocenters. The standard InChI is InChI=1S/C16H24N2O3/c1-13-3-2-4-14(9-13)10-16(12-19)11-18(7-8-21-16)6-5-15(17)20/h2-4,9,19H,5-8,10-12H2,1H3,(H2,17,20). The minimum atomic E-state index is -0.594. The van der Waals surface area contributed by atoms with Gasteiger partial charge >= 0.3 is 0 Å². The molecule has 5 nitrogen and oxygen atoms in total. The number of rotatable bonds is 6. The number of nitrogens with two attached hydrogens (primary N) is 1. The van der Waals surface area contributed by atoms with Crippen LogP contribution in [0.5, 0.6) is 0 Å². The first-order valence-corrected chi connectivity index (χ1v) is 7.34. The molecule has 1 fully saturated rings. The van der Waals surface area contributed by atoms with Crippen LogP contribution in [0, 0.1) is 6.92 Å². The van der Waals surface area contributed by atoms with Crippen LogP contribution in [0.4, 0.5) is 0 Å². The summed E-state index contributed by atoms with van der Waals surface area (Å²) in [6.45, 7) is 4.58. The van der Waals surface area contributed by atoms with Gasteiger partial charge in [-0.1, -0.05) is 29.8 Å². The van der Waals surface area contributed by atoms with E-state index in [1.54, 1.807) is 0 Å². The highest BCUT2D eigenvalue weighted by Crippen LogP contribution is 2.23. The van der Waals surface area contributed by atoms with Crippen LogP contribution < -0.4 is 5.73 Å². The van der Waals surface area contributed by atoms with Gasteiger partial charge in [-0.2, -0.15) is 0 Å². The van der Waals surface area contributed by atoms with Crippen LogP contribution in [0.1, 0.15) is 17.5 Å². The lowest BCUT2D eigenvalue weighted by Gasteiger charge is -2.42. The van der Waals surface area contributed by atoms with Crippen LogP contribution in [-0.2, 0) is 16.0 Å². The van der Waals surface area contributed by atoms with Crippen LogP contribution in [0.3, 0.4) is 0 Å². The minimum absolute atomic E-state index is 0.0337. The second-order valence-electron chi connectivity index (χ2n) is 5.85. The number of aliphatic hydroxyl groups is 1. The highest BCUT2D eigenvalue weighted by molar-refractivity contribution is 5.73. The number of nitrogens with zero attached hydrogens (tertiary/aromatic N) is 1. The van der Waals surface area contributed by atoms with Crippen molar-refractivity contribution < 1.29 is 14.6 Å². The highest BCUT2D eigenvalue weighted by Gasteiger charge is 2.36. The lowest BCUT2D eigenvalue weighted by Crippen LogP contribution is -2.55. The molecule has 1 heterocycles. The molecule has 21 heavy (non-hydrogen) atoms. The topological polar surface area (TPSA) is 75.8 Å². The third-order valence-electron chi connectivity index (χ3n) is 3.90. The second-order valence-corrected chi connectivity index (χ2v) is 5.85. The van der Waals surface area contributed by atoms with E-state index >= 15 is 0 Å². The Morgan fingerprint density at radius 3 is 3.00 bits per heavy atom. The third-order valence-corrected chi connectivity index (χ3v) is 3.90. The number of hydrogen-bond donors (Lipinski definition) is 2. The Labute approximate surface area is 125 Å². The molecule has 1 aliphatic rings. The van der Waals surface area contributed by atoms with E-state index in [2.05, 4.69) is 30.0 Å². The predicted molar refractivity (Wildman–Crippen MR) is 80.9 cm³/mol. The summed E-state index contributed by atoms with van der Waals surface area (Å²) in [5, 5.41) is 9.82. The van der Waals surface area contributed by atoms with Crippen molar-refractivity contribution in [3.63, 3.8) is 0 Å². The molecule has 0 aliphatic carbocycles. The lowest BCUT2D eigenvalue weighted by molar-refractivity contribution is -0.134. The Bertz CT molecular complexity index is 492. The lowest BCUT2D eigenvalue weighted by atomic mass is 9.92. The number of hydrogen-bond acceptors (Lipinski definition) is 4. The fourth-order valence-electron chi connectivity index (χ4n) is 2.84. The number of primary amides is 1. The van der Waals surface area contributed by atoms with Crippen molar-refractivity contribution in [1.29, 1.82) is 0 Å². The van der Waals surface area contributed by atoms with E-state index in [1.165, 1.54) is 5.56 Å². The molecule has 1 unspecified atom stereocenters. The van der Waals surface area contributed by atoms with Crippen molar-refractivity contribution >= 4 is 5.91 Å². The zero-order chi connectivity index (χ0) is 15.3. The van der Waals surface area contributed by atoms with Crippen molar-refractivity contribution in [2.75, 3.05) is 32.8 Å². The van der Waals surface area contributed by atoms with E-state index in [0.717, 1.165) is 12.1 Å². The van der Waals surface area contributed by atoms with E-state index in [9.17, 15) is 9.90 Å².